The number of carbonyl (C=O) groups excluding carboxylic acids is 1. The van der Waals surface area contributed by atoms with E-state index < -0.39 is 5.91 Å². The smallest absolute Gasteiger partial charge is 0.229 e. The lowest BCUT2D eigenvalue weighted by Gasteiger charge is -1.97. The number of hydrogen-bond donors (Lipinski definition) is 1. The van der Waals surface area contributed by atoms with Crippen LogP contribution in [0.25, 0.3) is 0 Å². The first-order valence-electron chi connectivity index (χ1n) is 4.13. The van der Waals surface area contributed by atoms with E-state index in [0.29, 0.717) is 0 Å². The predicted octanol–water partition coefficient (Wildman–Crippen LogP) is 0.922. The molecule has 0 saturated heterocycles. The van der Waals surface area contributed by atoms with Gasteiger partial charge in [-0.25, -0.2) is 0 Å². The SMILES string of the molecule is COc1ccc(C#CCC(N)=O)cc1. The predicted molar refractivity (Wildman–Crippen MR) is 53.7 cm³/mol. The van der Waals surface area contributed by atoms with E-state index in [2.05, 4.69) is 11.8 Å². The van der Waals surface area contributed by atoms with E-state index in [4.69, 9.17) is 10.5 Å². The lowest BCUT2D eigenvalue weighted by atomic mass is 10.2. The Morgan fingerprint density at radius 2 is 2.07 bits per heavy atom. The van der Waals surface area contributed by atoms with Crippen molar-refractivity contribution in [1.82, 2.24) is 0 Å². The number of carbonyl (C=O) groups is 1. The third kappa shape index (κ3) is 3.20. The molecule has 1 amide bonds. The Morgan fingerprint density at radius 3 is 2.57 bits per heavy atom. The number of ether oxygens (including phenoxy) is 1. The Bertz CT molecular complexity index is 371. The zero-order valence-corrected chi connectivity index (χ0v) is 7.91. The van der Waals surface area contributed by atoms with E-state index in [1.807, 2.05) is 24.3 Å². The van der Waals surface area contributed by atoms with Crippen LogP contribution in [0, 0.1) is 11.8 Å². The molecule has 0 spiro atoms. The highest BCUT2D eigenvalue weighted by Crippen LogP contribution is 2.09. The lowest BCUT2D eigenvalue weighted by molar-refractivity contribution is -0.117. The van der Waals surface area contributed by atoms with Gasteiger partial charge in [0.2, 0.25) is 5.91 Å². The minimum atomic E-state index is -0.411. The molecule has 0 fully saturated rings. The van der Waals surface area contributed by atoms with Crippen molar-refractivity contribution < 1.29 is 9.53 Å². The number of rotatable bonds is 2. The molecular formula is C11H11NO2. The van der Waals surface area contributed by atoms with Crippen LogP contribution in [-0.2, 0) is 4.79 Å². The molecule has 2 N–H and O–H groups in total. The molecule has 1 rings (SSSR count). The van der Waals surface area contributed by atoms with Gasteiger partial charge in [0.25, 0.3) is 0 Å². The summed E-state index contributed by atoms with van der Waals surface area (Å²) >= 11 is 0. The van der Waals surface area contributed by atoms with Crippen LogP contribution in [0.15, 0.2) is 24.3 Å². The molecule has 0 unspecified atom stereocenters. The van der Waals surface area contributed by atoms with Gasteiger partial charge in [-0.1, -0.05) is 11.8 Å². The maximum Gasteiger partial charge on any atom is 0.229 e. The Kier molecular flexibility index (Phi) is 3.57. The van der Waals surface area contributed by atoms with Gasteiger partial charge in [0.05, 0.1) is 13.5 Å². The summed E-state index contributed by atoms with van der Waals surface area (Å²) in [7, 11) is 1.60. The van der Waals surface area contributed by atoms with Crippen molar-refractivity contribution in [3.8, 4) is 17.6 Å². The second-order valence-corrected chi connectivity index (χ2v) is 2.67. The minimum absolute atomic E-state index is 0.0893. The van der Waals surface area contributed by atoms with Crippen molar-refractivity contribution in [1.29, 1.82) is 0 Å². The van der Waals surface area contributed by atoms with Gasteiger partial charge in [-0.15, -0.1) is 0 Å². The number of nitrogens with two attached hydrogens (primary N) is 1. The molecule has 0 heterocycles. The normalized spacial score (nSPS) is 8.64. The maximum atomic E-state index is 10.4. The summed E-state index contributed by atoms with van der Waals surface area (Å²) in [6.45, 7) is 0. The van der Waals surface area contributed by atoms with Gasteiger partial charge in [0.15, 0.2) is 0 Å². The summed E-state index contributed by atoms with van der Waals surface area (Å²) in [5.74, 6) is 5.87. The fourth-order valence-electron chi connectivity index (χ4n) is 0.908. The Balaban J connectivity index is 2.66. The van der Waals surface area contributed by atoms with E-state index in [9.17, 15) is 4.79 Å². The van der Waals surface area contributed by atoms with Crippen LogP contribution in [0.4, 0.5) is 0 Å². The highest BCUT2D eigenvalue weighted by molar-refractivity contribution is 5.76. The molecule has 14 heavy (non-hydrogen) atoms. The molecule has 1 aromatic rings. The molecule has 0 aromatic heterocycles. The highest BCUT2D eigenvalue weighted by Gasteiger charge is 1.90. The van der Waals surface area contributed by atoms with Gasteiger partial charge >= 0.3 is 0 Å². The van der Waals surface area contributed by atoms with Gasteiger partial charge in [-0.2, -0.15) is 0 Å². The van der Waals surface area contributed by atoms with Gasteiger partial charge in [-0.05, 0) is 24.3 Å². The van der Waals surface area contributed by atoms with Crippen LogP contribution < -0.4 is 10.5 Å². The van der Waals surface area contributed by atoms with E-state index in [-0.39, 0.29) is 6.42 Å². The number of hydrogen-bond acceptors (Lipinski definition) is 2. The summed E-state index contributed by atoms with van der Waals surface area (Å²) in [6.07, 6.45) is 0.0893. The fraction of sp³-hybridized carbons (Fsp3) is 0.182. The number of amides is 1. The first-order chi connectivity index (χ1) is 6.72. The summed E-state index contributed by atoms with van der Waals surface area (Å²) < 4.78 is 4.99. The van der Waals surface area contributed by atoms with Crippen molar-refractivity contribution in [3.05, 3.63) is 29.8 Å². The van der Waals surface area contributed by atoms with Gasteiger partial charge in [-0.3, -0.25) is 4.79 Å². The van der Waals surface area contributed by atoms with Crippen LogP contribution in [0.2, 0.25) is 0 Å². The zero-order valence-electron chi connectivity index (χ0n) is 7.91. The highest BCUT2D eigenvalue weighted by atomic mass is 16.5. The summed E-state index contributed by atoms with van der Waals surface area (Å²) in [4.78, 5) is 10.4. The summed E-state index contributed by atoms with van der Waals surface area (Å²) in [6, 6.07) is 7.28. The number of benzene rings is 1. The zero-order chi connectivity index (χ0) is 10.4. The van der Waals surface area contributed by atoms with Gasteiger partial charge < -0.3 is 10.5 Å². The average molecular weight is 189 g/mol. The molecule has 0 atom stereocenters. The molecule has 0 bridgehead atoms. The molecule has 3 nitrogen and oxygen atoms in total. The van der Waals surface area contributed by atoms with E-state index in [1.54, 1.807) is 7.11 Å². The third-order valence-corrected chi connectivity index (χ3v) is 1.59. The fourth-order valence-corrected chi connectivity index (χ4v) is 0.908. The molecule has 0 aliphatic rings. The molecular weight excluding hydrogens is 178 g/mol. The first-order valence-corrected chi connectivity index (χ1v) is 4.13. The van der Waals surface area contributed by atoms with Gasteiger partial charge in [0, 0.05) is 5.56 Å². The summed E-state index contributed by atoms with van der Waals surface area (Å²) in [5, 5.41) is 0. The number of primary amides is 1. The molecule has 0 radical (unpaired) electrons. The Morgan fingerprint density at radius 1 is 1.43 bits per heavy atom. The average Bonchev–Trinajstić information content (AvgIpc) is 2.18. The van der Waals surface area contributed by atoms with Crippen LogP contribution in [-0.4, -0.2) is 13.0 Å². The van der Waals surface area contributed by atoms with E-state index in [1.165, 1.54) is 0 Å². The van der Waals surface area contributed by atoms with Crippen LogP contribution in [0.1, 0.15) is 12.0 Å². The molecule has 0 aliphatic carbocycles. The second-order valence-electron chi connectivity index (χ2n) is 2.67. The molecule has 1 aromatic carbocycles. The molecule has 0 saturated carbocycles. The van der Waals surface area contributed by atoms with Crippen molar-refractivity contribution in [2.24, 2.45) is 5.73 Å². The maximum absolute atomic E-state index is 10.4. The van der Waals surface area contributed by atoms with Gasteiger partial charge in [0.1, 0.15) is 5.75 Å². The van der Waals surface area contributed by atoms with Crippen molar-refractivity contribution in [3.63, 3.8) is 0 Å². The minimum Gasteiger partial charge on any atom is -0.497 e. The largest absolute Gasteiger partial charge is 0.497 e. The third-order valence-electron chi connectivity index (χ3n) is 1.59. The number of methoxy groups -OCH3 is 1. The molecule has 72 valence electrons. The van der Waals surface area contributed by atoms with E-state index in [0.717, 1.165) is 11.3 Å². The van der Waals surface area contributed by atoms with Crippen LogP contribution in [0.3, 0.4) is 0 Å². The quantitative estimate of drug-likeness (QED) is 0.703. The molecule has 0 aliphatic heterocycles. The topological polar surface area (TPSA) is 52.3 Å². The van der Waals surface area contributed by atoms with Crippen molar-refractivity contribution in [2.45, 2.75) is 6.42 Å². The van der Waals surface area contributed by atoms with Crippen LogP contribution in [0.5, 0.6) is 5.75 Å². The van der Waals surface area contributed by atoms with Crippen molar-refractivity contribution >= 4 is 5.91 Å². The van der Waals surface area contributed by atoms with Crippen LogP contribution >= 0.6 is 0 Å². The first kappa shape index (κ1) is 10.1. The monoisotopic (exact) mass is 189 g/mol. The lowest BCUT2D eigenvalue weighted by Crippen LogP contribution is -2.08. The Labute approximate surface area is 82.9 Å². The molecule has 3 heteroatoms. The van der Waals surface area contributed by atoms with Crippen molar-refractivity contribution in [2.75, 3.05) is 7.11 Å². The van der Waals surface area contributed by atoms with E-state index >= 15 is 0 Å². The summed E-state index contributed by atoms with van der Waals surface area (Å²) in [5.41, 5.74) is 5.78. The standard InChI is InChI=1S/C11H11NO2/c1-14-10-7-5-9(6-8-10)3-2-4-11(12)13/h5-8H,4H2,1H3,(H2,12,13). The Hall–Kier alpha value is -1.95. The second kappa shape index (κ2) is 4.93.